The van der Waals surface area contributed by atoms with Gasteiger partial charge in [0.15, 0.2) is 0 Å². The zero-order valence-electron chi connectivity index (χ0n) is 48.6. The van der Waals surface area contributed by atoms with E-state index >= 15 is 0 Å². The summed E-state index contributed by atoms with van der Waals surface area (Å²) in [4.78, 5) is 73.3. The number of rotatable bonds is 13. The quantitative estimate of drug-likeness (QED) is 0.0921. The van der Waals surface area contributed by atoms with E-state index in [0.29, 0.717) is 72.0 Å². The third-order valence-electron chi connectivity index (χ3n) is 11.9. The summed E-state index contributed by atoms with van der Waals surface area (Å²) < 4.78 is 25.6. The van der Waals surface area contributed by atoms with Gasteiger partial charge in [-0.05, 0) is 132 Å². The number of anilines is 1. The van der Waals surface area contributed by atoms with Crippen molar-refractivity contribution < 1.29 is 72.7 Å². The molecule has 3 saturated heterocycles. The average Bonchev–Trinajstić information content (AvgIpc) is 3.43. The van der Waals surface area contributed by atoms with Crippen LogP contribution in [-0.2, 0) is 28.8 Å². The van der Waals surface area contributed by atoms with Crippen LogP contribution < -0.4 is 64.2 Å². The van der Waals surface area contributed by atoms with Crippen LogP contribution >= 0.6 is 11.6 Å². The van der Waals surface area contributed by atoms with E-state index in [1.54, 1.807) is 114 Å². The molecule has 1 aromatic carbocycles. The van der Waals surface area contributed by atoms with E-state index in [4.69, 9.17) is 35.3 Å². The summed E-state index contributed by atoms with van der Waals surface area (Å²) in [5.74, 6) is 5.71. The number of nitrogens with zero attached hydrogens (tertiary/aromatic N) is 10. The summed E-state index contributed by atoms with van der Waals surface area (Å²) in [5.41, 5.74) is 0.0305. The molecule has 23 heteroatoms. The van der Waals surface area contributed by atoms with E-state index in [2.05, 4.69) is 57.1 Å². The summed E-state index contributed by atoms with van der Waals surface area (Å²) in [7, 11) is 6.34. The number of carbonyl (C=O) groups excluding carboxylic acids is 3. The fourth-order valence-corrected chi connectivity index (χ4v) is 8.44. The maximum absolute atomic E-state index is 12.9. The first-order valence-electron chi connectivity index (χ1n) is 26.5. The molecule has 430 valence electrons. The Hall–Kier alpha value is -6.10. The number of likely N-dealkylation sites (tertiary alicyclic amines) is 2. The summed E-state index contributed by atoms with van der Waals surface area (Å²) in [6, 6.07) is 13.8. The number of carbonyl (C=O) groups is 3. The molecule has 3 fully saturated rings. The Kier molecular flexibility index (Phi) is 30.3. The SMILES string of the molecule is C=CC(=O)Nc1ccc(C(=O)N2CCC[C@@H](Cc3nccc(OC)n3)C2)cc1.CC(C)(C)[O-].COc1ccnc(C[C@@H]2CCCN(C(=O)OC(C)(C)C)C2)n1.COc1ccnc(C[C@@H]2CCCNC2)n1.COc1ccnc(Cl)n1.[Na+]. The van der Waals surface area contributed by atoms with Crippen molar-refractivity contribution in [3.8, 4) is 23.5 Å². The van der Waals surface area contributed by atoms with Gasteiger partial charge in [-0.2, -0.15) is 19.9 Å². The van der Waals surface area contributed by atoms with Crippen molar-refractivity contribution in [2.45, 2.75) is 111 Å². The first-order valence-corrected chi connectivity index (χ1v) is 26.9. The van der Waals surface area contributed by atoms with Crippen molar-refractivity contribution >= 4 is 35.2 Å². The number of hydrogen-bond donors (Lipinski definition) is 2. The minimum absolute atomic E-state index is 0. The van der Waals surface area contributed by atoms with Gasteiger partial charge in [0.2, 0.25) is 34.7 Å². The molecule has 0 aliphatic carbocycles. The summed E-state index contributed by atoms with van der Waals surface area (Å²) in [5, 5.41) is 16.4. The Morgan fingerprint density at radius 3 is 1.50 bits per heavy atom. The van der Waals surface area contributed by atoms with Crippen molar-refractivity contribution in [3.63, 3.8) is 0 Å². The second-order valence-corrected chi connectivity index (χ2v) is 21.2. The molecule has 0 saturated carbocycles. The Bertz CT molecular complexity index is 2630. The molecule has 4 aromatic heterocycles. The van der Waals surface area contributed by atoms with Gasteiger partial charge in [-0.25, -0.2) is 24.7 Å². The number of aromatic nitrogens is 8. The molecule has 0 radical (unpaired) electrons. The van der Waals surface area contributed by atoms with E-state index in [1.165, 1.54) is 32.2 Å². The Labute approximate surface area is 499 Å². The van der Waals surface area contributed by atoms with Gasteiger partial charge in [-0.1, -0.05) is 27.4 Å². The molecule has 3 atom stereocenters. The van der Waals surface area contributed by atoms with Gasteiger partial charge in [0.05, 0.1) is 28.4 Å². The molecule has 5 aromatic rings. The molecule has 0 unspecified atom stereocenters. The topological polar surface area (TPSA) is 254 Å². The van der Waals surface area contributed by atoms with E-state index in [9.17, 15) is 19.5 Å². The number of halogens is 1. The number of amides is 3. The van der Waals surface area contributed by atoms with Crippen molar-refractivity contribution in [1.29, 1.82) is 0 Å². The molecule has 2 N–H and O–H groups in total. The third-order valence-corrected chi connectivity index (χ3v) is 12.0. The monoisotopic (exact) mass is 1130 g/mol. The van der Waals surface area contributed by atoms with Crippen molar-refractivity contribution in [3.05, 3.63) is 114 Å². The van der Waals surface area contributed by atoms with Crippen LogP contribution in [0.2, 0.25) is 5.28 Å². The van der Waals surface area contributed by atoms with E-state index in [-0.39, 0.29) is 52.7 Å². The first-order chi connectivity index (χ1) is 37.7. The number of benzene rings is 1. The summed E-state index contributed by atoms with van der Waals surface area (Å²) in [6.07, 6.45) is 16.7. The number of nitrogens with one attached hydrogen (secondary N) is 2. The van der Waals surface area contributed by atoms with Crippen LogP contribution in [0.3, 0.4) is 0 Å². The molecule has 3 amide bonds. The Morgan fingerprint density at radius 1 is 0.662 bits per heavy atom. The third kappa shape index (κ3) is 27.4. The zero-order chi connectivity index (χ0) is 57.8. The summed E-state index contributed by atoms with van der Waals surface area (Å²) >= 11 is 5.42. The van der Waals surface area contributed by atoms with Gasteiger partial charge < -0.3 is 49.2 Å². The normalized spacial score (nSPS) is 16.7. The van der Waals surface area contributed by atoms with E-state index < -0.39 is 11.2 Å². The second kappa shape index (κ2) is 35.6. The fraction of sp³-hybridized carbons (Fsp3) is 0.526. The van der Waals surface area contributed by atoms with Crippen LogP contribution in [0.4, 0.5) is 10.5 Å². The molecule has 0 bridgehead atoms. The van der Waals surface area contributed by atoms with Gasteiger partial charge in [0, 0.05) is 106 Å². The Morgan fingerprint density at radius 2 is 1.09 bits per heavy atom. The number of hydrogen-bond acceptors (Lipinski definition) is 18. The molecule has 0 spiro atoms. The summed E-state index contributed by atoms with van der Waals surface area (Å²) in [6.45, 7) is 19.1. The number of methoxy groups -OCH3 is 4. The maximum atomic E-state index is 12.9. The standard InChI is InChI=1S/C21H24N4O3.C16H25N3O3.C11H17N3O.C5H5ClN2O.C4H9O.Na/c1-3-19(26)23-17-8-6-16(7-9-17)21(27)25-12-4-5-15(14-25)13-18-22-11-10-20(24-18)28-2;1-16(2,3)22-15(20)19-9-5-6-12(11-19)10-13-17-8-7-14(18-13)21-4;1-15-11-4-6-13-10(14-11)7-9-3-2-5-12-8-9;1-9-4-2-3-7-5(6)8-4;1-4(2,3)5;/h3,6-11,15H,1,4-5,12-14H2,2H3,(H,23,26);7-8,12H,5-6,9-11H2,1-4H3;4,6,9,12H,2-3,5,7-8H2,1H3;2-3H,1H3;1-3H3;/q;;;;-1;+1/t15-;12-;9-;;;/m000.../s1. The van der Waals surface area contributed by atoms with Crippen LogP contribution in [0.25, 0.3) is 0 Å². The number of piperidine rings is 3. The molecular formula is C57H80ClN12NaO9. The molecular weight excluding hydrogens is 1060 g/mol. The molecule has 3 aliphatic rings. The molecule has 7 heterocycles. The van der Waals surface area contributed by atoms with E-state index in [0.717, 1.165) is 82.2 Å². The predicted molar refractivity (Wildman–Crippen MR) is 300 cm³/mol. The van der Waals surface area contributed by atoms with E-state index in [1.807, 2.05) is 25.7 Å². The van der Waals surface area contributed by atoms with Gasteiger partial charge in [0.25, 0.3) is 5.91 Å². The second-order valence-electron chi connectivity index (χ2n) is 20.8. The predicted octanol–water partition coefficient (Wildman–Crippen LogP) is 4.69. The molecule has 8 rings (SSSR count). The van der Waals surface area contributed by atoms with Crippen molar-refractivity contribution in [2.75, 3.05) is 73.0 Å². The van der Waals surface area contributed by atoms with Gasteiger partial charge in [0.1, 0.15) is 23.1 Å². The van der Waals surface area contributed by atoms with Crippen LogP contribution in [0, 0.1) is 17.8 Å². The first kappa shape index (κ1) is 68.2. The van der Waals surface area contributed by atoms with Crippen molar-refractivity contribution in [1.82, 2.24) is 55.0 Å². The van der Waals surface area contributed by atoms with Gasteiger partial charge in [-0.15, -0.1) is 5.60 Å². The van der Waals surface area contributed by atoms with Gasteiger partial charge in [-0.3, -0.25) is 9.59 Å². The Balaban J connectivity index is 0.000000287. The van der Waals surface area contributed by atoms with Crippen LogP contribution in [-0.4, -0.2) is 146 Å². The largest absolute Gasteiger partial charge is 1.00 e. The zero-order valence-corrected chi connectivity index (χ0v) is 51.3. The maximum Gasteiger partial charge on any atom is 1.00 e. The smallest absolute Gasteiger partial charge is 0.850 e. The fourth-order valence-electron chi connectivity index (χ4n) is 8.30. The van der Waals surface area contributed by atoms with Gasteiger partial charge >= 0.3 is 35.7 Å². The minimum Gasteiger partial charge on any atom is -0.850 e. The minimum atomic E-state index is -0.750. The van der Waals surface area contributed by atoms with Crippen LogP contribution in [0.5, 0.6) is 23.5 Å². The van der Waals surface area contributed by atoms with Crippen LogP contribution in [0.1, 0.15) is 108 Å². The average molecular weight is 1140 g/mol. The molecule has 21 nitrogen and oxygen atoms in total. The molecule has 3 aliphatic heterocycles. The van der Waals surface area contributed by atoms with Crippen molar-refractivity contribution in [2.24, 2.45) is 17.8 Å². The molecule has 80 heavy (non-hydrogen) atoms. The van der Waals surface area contributed by atoms with Crippen LogP contribution in [0.15, 0.2) is 86.0 Å². The number of ether oxygens (including phenoxy) is 5.